The van der Waals surface area contributed by atoms with E-state index < -0.39 is 0 Å². The smallest absolute Gasteiger partial charge is 0.0655 e. The molecule has 2 aliphatic carbocycles. The van der Waals surface area contributed by atoms with Gasteiger partial charge in [0.2, 0.25) is 0 Å². The Bertz CT molecular complexity index is 329. The maximum atomic E-state index is 4.55. The fraction of sp³-hybridized carbons (Fsp3) is 0.750. The molecule has 1 heterocycles. The van der Waals surface area contributed by atoms with Gasteiger partial charge >= 0.3 is 0 Å². The third-order valence-corrected chi connectivity index (χ3v) is 3.94. The summed E-state index contributed by atoms with van der Waals surface area (Å²) in [6.45, 7) is 0. The number of aryl methyl sites for hydroxylation is 1. The first-order chi connectivity index (χ1) is 6.83. The highest BCUT2D eigenvalue weighted by atomic mass is 15.2. The molecule has 14 heavy (non-hydrogen) atoms. The maximum Gasteiger partial charge on any atom is 0.0655 e. The van der Waals surface area contributed by atoms with Crippen LogP contribution in [0.1, 0.15) is 43.7 Å². The van der Waals surface area contributed by atoms with Crippen molar-refractivity contribution in [2.75, 3.05) is 0 Å². The van der Waals surface area contributed by atoms with Gasteiger partial charge in [-0.3, -0.25) is 4.68 Å². The molecule has 2 heteroatoms. The SMILES string of the molecule is Cn1ccc(C2CCCC3CC3C2)n1. The van der Waals surface area contributed by atoms with E-state index in [-0.39, 0.29) is 0 Å². The quantitative estimate of drug-likeness (QED) is 0.665. The molecular formula is C12H18N2. The van der Waals surface area contributed by atoms with Crippen LogP contribution in [-0.4, -0.2) is 9.78 Å². The number of nitrogens with zero attached hydrogens (tertiary/aromatic N) is 2. The highest BCUT2D eigenvalue weighted by molar-refractivity contribution is 5.09. The van der Waals surface area contributed by atoms with Crippen molar-refractivity contribution in [1.29, 1.82) is 0 Å². The molecule has 0 aromatic carbocycles. The molecule has 0 radical (unpaired) electrons. The van der Waals surface area contributed by atoms with Crippen molar-refractivity contribution in [3.8, 4) is 0 Å². The molecule has 0 N–H and O–H groups in total. The van der Waals surface area contributed by atoms with E-state index in [1.807, 2.05) is 11.7 Å². The van der Waals surface area contributed by atoms with E-state index >= 15 is 0 Å². The van der Waals surface area contributed by atoms with Crippen molar-refractivity contribution in [3.63, 3.8) is 0 Å². The summed E-state index contributed by atoms with van der Waals surface area (Å²) >= 11 is 0. The molecule has 0 amide bonds. The van der Waals surface area contributed by atoms with Crippen LogP contribution in [0.5, 0.6) is 0 Å². The molecule has 0 aliphatic heterocycles. The third-order valence-electron chi connectivity index (χ3n) is 3.94. The van der Waals surface area contributed by atoms with Crippen LogP contribution in [0.25, 0.3) is 0 Å². The molecule has 3 rings (SSSR count). The van der Waals surface area contributed by atoms with Gasteiger partial charge in [0.05, 0.1) is 5.69 Å². The summed E-state index contributed by atoms with van der Waals surface area (Å²) in [5.74, 6) is 2.89. The summed E-state index contributed by atoms with van der Waals surface area (Å²) in [5, 5.41) is 4.55. The van der Waals surface area contributed by atoms with Gasteiger partial charge in [0.25, 0.3) is 0 Å². The van der Waals surface area contributed by atoms with Crippen molar-refractivity contribution in [1.82, 2.24) is 9.78 Å². The van der Waals surface area contributed by atoms with Crippen molar-refractivity contribution in [2.45, 2.75) is 38.0 Å². The molecule has 0 spiro atoms. The van der Waals surface area contributed by atoms with Gasteiger partial charge in [0.15, 0.2) is 0 Å². The predicted molar refractivity (Wildman–Crippen MR) is 56.0 cm³/mol. The Morgan fingerprint density at radius 1 is 1.29 bits per heavy atom. The Morgan fingerprint density at radius 3 is 3.00 bits per heavy atom. The largest absolute Gasteiger partial charge is 0.276 e. The summed E-state index contributed by atoms with van der Waals surface area (Å²) in [6.07, 6.45) is 9.25. The number of aromatic nitrogens is 2. The zero-order chi connectivity index (χ0) is 9.54. The zero-order valence-electron chi connectivity index (χ0n) is 8.82. The van der Waals surface area contributed by atoms with Crippen LogP contribution in [-0.2, 0) is 7.05 Å². The van der Waals surface area contributed by atoms with Crippen molar-refractivity contribution < 1.29 is 0 Å². The number of hydrogen-bond donors (Lipinski definition) is 0. The van der Waals surface area contributed by atoms with Crippen LogP contribution < -0.4 is 0 Å². The van der Waals surface area contributed by atoms with Crippen molar-refractivity contribution in [2.24, 2.45) is 18.9 Å². The number of rotatable bonds is 1. The van der Waals surface area contributed by atoms with Gasteiger partial charge in [-0.05, 0) is 37.2 Å². The average Bonchev–Trinajstić information content (AvgIpc) is 2.78. The molecule has 1 aromatic heterocycles. The van der Waals surface area contributed by atoms with Gasteiger partial charge in [-0.2, -0.15) is 5.10 Å². The second kappa shape index (κ2) is 3.11. The summed E-state index contributed by atoms with van der Waals surface area (Å²) < 4.78 is 1.94. The van der Waals surface area contributed by atoms with Crippen LogP contribution in [0.2, 0.25) is 0 Å². The lowest BCUT2D eigenvalue weighted by Crippen LogP contribution is -2.01. The van der Waals surface area contributed by atoms with Crippen LogP contribution in [0.3, 0.4) is 0 Å². The Kier molecular flexibility index (Phi) is 1.89. The van der Waals surface area contributed by atoms with Crippen LogP contribution >= 0.6 is 0 Å². The predicted octanol–water partition coefficient (Wildman–Crippen LogP) is 2.71. The molecule has 3 atom stereocenters. The zero-order valence-corrected chi connectivity index (χ0v) is 8.82. The fourth-order valence-corrected chi connectivity index (χ4v) is 2.98. The van der Waals surface area contributed by atoms with Gasteiger partial charge in [-0.15, -0.1) is 0 Å². The second-order valence-electron chi connectivity index (χ2n) is 5.03. The molecule has 76 valence electrons. The molecule has 2 fully saturated rings. The highest BCUT2D eigenvalue weighted by Crippen LogP contribution is 2.51. The maximum absolute atomic E-state index is 4.55. The fourth-order valence-electron chi connectivity index (χ4n) is 2.98. The van der Waals surface area contributed by atoms with Gasteiger partial charge in [0, 0.05) is 19.2 Å². The van der Waals surface area contributed by atoms with E-state index in [4.69, 9.17) is 0 Å². The standard InChI is InChI=1S/C12H18N2/c1-14-6-5-12(13-14)10-4-2-3-9-7-11(9)8-10/h5-6,9-11H,2-4,7-8H2,1H3. The van der Waals surface area contributed by atoms with E-state index in [0.29, 0.717) is 0 Å². The minimum atomic E-state index is 0.758. The highest BCUT2D eigenvalue weighted by Gasteiger charge is 2.40. The molecular weight excluding hydrogens is 172 g/mol. The lowest BCUT2D eigenvalue weighted by Gasteiger charge is -2.11. The summed E-state index contributed by atoms with van der Waals surface area (Å²) in [7, 11) is 2.01. The molecule has 0 bridgehead atoms. The van der Waals surface area contributed by atoms with Crippen molar-refractivity contribution >= 4 is 0 Å². The first-order valence-corrected chi connectivity index (χ1v) is 5.82. The van der Waals surface area contributed by atoms with Crippen LogP contribution in [0.4, 0.5) is 0 Å². The first-order valence-electron chi connectivity index (χ1n) is 5.82. The first kappa shape index (κ1) is 8.51. The Labute approximate surface area is 85.3 Å². The lowest BCUT2D eigenvalue weighted by molar-refractivity contribution is 0.533. The second-order valence-corrected chi connectivity index (χ2v) is 5.03. The van der Waals surface area contributed by atoms with E-state index in [1.54, 1.807) is 0 Å². The van der Waals surface area contributed by atoms with E-state index in [1.165, 1.54) is 37.8 Å². The Morgan fingerprint density at radius 2 is 2.21 bits per heavy atom. The van der Waals surface area contributed by atoms with Gasteiger partial charge in [-0.1, -0.05) is 12.8 Å². The number of hydrogen-bond acceptors (Lipinski definition) is 1. The van der Waals surface area contributed by atoms with Crippen LogP contribution in [0, 0.1) is 11.8 Å². The lowest BCUT2D eigenvalue weighted by atomic mass is 9.95. The summed E-state index contributed by atoms with van der Waals surface area (Å²) in [5.41, 5.74) is 1.33. The molecule has 0 saturated heterocycles. The molecule has 2 saturated carbocycles. The van der Waals surface area contributed by atoms with E-state index in [2.05, 4.69) is 17.4 Å². The van der Waals surface area contributed by atoms with Crippen LogP contribution in [0.15, 0.2) is 12.3 Å². The Balaban J connectivity index is 1.77. The third kappa shape index (κ3) is 1.47. The number of fused-ring (bicyclic) bond motifs is 1. The molecule has 3 unspecified atom stereocenters. The monoisotopic (exact) mass is 190 g/mol. The molecule has 2 nitrogen and oxygen atoms in total. The van der Waals surface area contributed by atoms with Gasteiger partial charge < -0.3 is 0 Å². The Hall–Kier alpha value is -0.790. The molecule has 1 aromatic rings. The van der Waals surface area contributed by atoms with Crippen molar-refractivity contribution in [3.05, 3.63) is 18.0 Å². The van der Waals surface area contributed by atoms with Gasteiger partial charge in [0.1, 0.15) is 0 Å². The van der Waals surface area contributed by atoms with E-state index in [0.717, 1.165) is 17.8 Å². The topological polar surface area (TPSA) is 17.8 Å². The minimum Gasteiger partial charge on any atom is -0.276 e. The average molecular weight is 190 g/mol. The van der Waals surface area contributed by atoms with Gasteiger partial charge in [-0.25, -0.2) is 0 Å². The minimum absolute atomic E-state index is 0.758. The summed E-state index contributed by atoms with van der Waals surface area (Å²) in [4.78, 5) is 0. The van der Waals surface area contributed by atoms with E-state index in [9.17, 15) is 0 Å². The molecule has 2 aliphatic rings. The summed E-state index contributed by atoms with van der Waals surface area (Å²) in [6, 6.07) is 2.20. The normalized spacial score (nSPS) is 36.2.